The highest BCUT2D eigenvalue weighted by Crippen LogP contribution is 2.24. The molecule has 3 aromatic rings. The Labute approximate surface area is 166 Å². The Kier molecular flexibility index (Phi) is 6.39. The molecule has 2 amide bonds. The highest BCUT2D eigenvalue weighted by molar-refractivity contribution is 7.98. The van der Waals surface area contributed by atoms with Crippen LogP contribution in [0.15, 0.2) is 71.9 Å². The van der Waals surface area contributed by atoms with Crippen molar-refractivity contribution in [2.45, 2.75) is 17.6 Å². The summed E-state index contributed by atoms with van der Waals surface area (Å²) >= 11 is 1.65. The van der Waals surface area contributed by atoms with Crippen LogP contribution < -0.4 is 10.6 Å². The zero-order valence-corrected chi connectivity index (χ0v) is 15.9. The fraction of sp³-hybridized carbons (Fsp3) is 0.0952. The minimum Gasteiger partial charge on any atom is -0.326 e. The van der Waals surface area contributed by atoms with Gasteiger partial charge < -0.3 is 10.6 Å². The lowest BCUT2D eigenvalue weighted by molar-refractivity contribution is -0.114. The fourth-order valence-electron chi connectivity index (χ4n) is 2.46. The molecular weight excluding hydrogens is 377 g/mol. The largest absolute Gasteiger partial charge is 0.326 e. The van der Waals surface area contributed by atoms with Gasteiger partial charge in [0.05, 0.1) is 5.56 Å². The van der Waals surface area contributed by atoms with Crippen LogP contribution in [0.5, 0.6) is 0 Å². The summed E-state index contributed by atoms with van der Waals surface area (Å²) in [4.78, 5) is 28.7. The van der Waals surface area contributed by atoms with Crippen LogP contribution in [0.1, 0.15) is 22.8 Å². The summed E-state index contributed by atoms with van der Waals surface area (Å²) in [5.41, 5.74) is 1.90. The third kappa shape index (κ3) is 5.40. The summed E-state index contributed by atoms with van der Waals surface area (Å²) in [6, 6.07) is 15.1. The molecule has 0 fully saturated rings. The highest BCUT2D eigenvalue weighted by Gasteiger charge is 2.13. The van der Waals surface area contributed by atoms with Gasteiger partial charge in [0, 0.05) is 41.3 Å². The summed E-state index contributed by atoms with van der Waals surface area (Å²) in [6.07, 6.45) is 3.56. The van der Waals surface area contributed by atoms with E-state index in [1.807, 2.05) is 30.5 Å². The molecule has 0 radical (unpaired) electrons. The molecule has 0 bridgehead atoms. The van der Waals surface area contributed by atoms with Crippen LogP contribution >= 0.6 is 11.8 Å². The Morgan fingerprint density at radius 1 is 1.04 bits per heavy atom. The van der Waals surface area contributed by atoms with Gasteiger partial charge in [-0.15, -0.1) is 11.8 Å². The standard InChI is InChI=1S/C21H18FN3O2S/c1-14(26)24-17-6-9-20(22)19(11-17)21(27)25-16-4-7-18(8-5-16)28-13-15-3-2-10-23-12-15/h2-12H,13H2,1H3,(H,24,26)(H,25,27). The van der Waals surface area contributed by atoms with Gasteiger partial charge in [0.1, 0.15) is 5.82 Å². The van der Waals surface area contributed by atoms with Crippen LogP contribution in [0.2, 0.25) is 0 Å². The average Bonchev–Trinajstić information content (AvgIpc) is 2.69. The molecule has 0 aliphatic heterocycles. The molecule has 0 aliphatic rings. The Bertz CT molecular complexity index is 979. The van der Waals surface area contributed by atoms with Gasteiger partial charge in [-0.05, 0) is 54.1 Å². The maximum Gasteiger partial charge on any atom is 0.258 e. The molecule has 1 heterocycles. The second-order valence-electron chi connectivity index (χ2n) is 6.00. The molecule has 0 aliphatic carbocycles. The van der Waals surface area contributed by atoms with E-state index in [0.29, 0.717) is 11.4 Å². The molecular formula is C21H18FN3O2S. The van der Waals surface area contributed by atoms with Gasteiger partial charge in [0.15, 0.2) is 0 Å². The number of halogens is 1. The average molecular weight is 395 g/mol. The number of rotatable bonds is 6. The number of carbonyl (C=O) groups excluding carboxylic acids is 2. The summed E-state index contributed by atoms with van der Waals surface area (Å²) in [5, 5.41) is 5.20. The summed E-state index contributed by atoms with van der Waals surface area (Å²) in [6.45, 7) is 1.34. The quantitative estimate of drug-likeness (QED) is 0.592. The lowest BCUT2D eigenvalue weighted by Gasteiger charge is -2.09. The van der Waals surface area contributed by atoms with Crippen LogP contribution in [-0.2, 0) is 10.5 Å². The molecule has 5 nitrogen and oxygen atoms in total. The smallest absolute Gasteiger partial charge is 0.258 e. The molecule has 28 heavy (non-hydrogen) atoms. The van der Waals surface area contributed by atoms with E-state index in [-0.39, 0.29) is 11.5 Å². The number of nitrogens with one attached hydrogen (secondary N) is 2. The van der Waals surface area contributed by atoms with Crippen molar-refractivity contribution in [1.29, 1.82) is 0 Å². The van der Waals surface area contributed by atoms with Crippen molar-refractivity contribution < 1.29 is 14.0 Å². The number of aromatic nitrogens is 1. The first-order chi connectivity index (χ1) is 13.5. The second kappa shape index (κ2) is 9.14. The fourth-order valence-corrected chi connectivity index (χ4v) is 3.30. The number of benzene rings is 2. The molecule has 0 saturated heterocycles. The topological polar surface area (TPSA) is 71.1 Å². The lowest BCUT2D eigenvalue weighted by atomic mass is 10.1. The maximum absolute atomic E-state index is 14.0. The molecule has 0 atom stereocenters. The Morgan fingerprint density at radius 2 is 1.79 bits per heavy atom. The van der Waals surface area contributed by atoms with Crippen molar-refractivity contribution >= 4 is 35.0 Å². The van der Waals surface area contributed by atoms with Gasteiger partial charge in [-0.3, -0.25) is 14.6 Å². The third-order valence-electron chi connectivity index (χ3n) is 3.77. The van der Waals surface area contributed by atoms with Gasteiger partial charge in [-0.1, -0.05) is 6.07 Å². The first-order valence-corrected chi connectivity index (χ1v) is 9.50. The molecule has 0 unspecified atom stereocenters. The molecule has 0 saturated carbocycles. The summed E-state index contributed by atoms with van der Waals surface area (Å²) in [7, 11) is 0. The number of carbonyl (C=O) groups is 2. The Hall–Kier alpha value is -3.19. The van der Waals surface area contributed by atoms with Crippen LogP contribution in [0.3, 0.4) is 0 Å². The monoisotopic (exact) mass is 395 g/mol. The van der Waals surface area contributed by atoms with Crippen LogP contribution in [0.4, 0.5) is 15.8 Å². The molecule has 0 spiro atoms. The van der Waals surface area contributed by atoms with Crippen molar-refractivity contribution in [2.24, 2.45) is 0 Å². The molecule has 3 rings (SSSR count). The number of hydrogen-bond acceptors (Lipinski definition) is 4. The summed E-state index contributed by atoms with van der Waals surface area (Å²) < 4.78 is 14.0. The van der Waals surface area contributed by atoms with Gasteiger partial charge in [-0.2, -0.15) is 0 Å². The van der Waals surface area contributed by atoms with Crippen LogP contribution in [0.25, 0.3) is 0 Å². The zero-order chi connectivity index (χ0) is 19.9. The molecule has 1 aromatic heterocycles. The number of anilines is 2. The SMILES string of the molecule is CC(=O)Nc1ccc(F)c(C(=O)Nc2ccc(SCc3cccnc3)cc2)c1. The number of pyridine rings is 1. The van der Waals surface area contributed by atoms with E-state index >= 15 is 0 Å². The van der Waals surface area contributed by atoms with Gasteiger partial charge in [0.25, 0.3) is 5.91 Å². The number of thioether (sulfide) groups is 1. The molecule has 142 valence electrons. The second-order valence-corrected chi connectivity index (χ2v) is 7.05. The van der Waals surface area contributed by atoms with E-state index in [1.165, 1.54) is 19.1 Å². The number of nitrogens with zero attached hydrogens (tertiary/aromatic N) is 1. The van der Waals surface area contributed by atoms with E-state index in [2.05, 4.69) is 15.6 Å². The predicted molar refractivity (Wildman–Crippen MR) is 109 cm³/mol. The van der Waals surface area contributed by atoms with Crippen molar-refractivity contribution in [2.75, 3.05) is 10.6 Å². The minimum absolute atomic E-state index is 0.138. The first kappa shape index (κ1) is 19.6. The van der Waals surface area contributed by atoms with E-state index < -0.39 is 11.7 Å². The van der Waals surface area contributed by atoms with Crippen molar-refractivity contribution in [1.82, 2.24) is 4.98 Å². The van der Waals surface area contributed by atoms with Crippen molar-refractivity contribution in [3.63, 3.8) is 0 Å². The van der Waals surface area contributed by atoms with Crippen molar-refractivity contribution in [3.05, 3.63) is 83.9 Å². The zero-order valence-electron chi connectivity index (χ0n) is 15.1. The molecule has 2 aromatic carbocycles. The Balaban J connectivity index is 1.63. The molecule has 2 N–H and O–H groups in total. The van der Waals surface area contributed by atoms with Crippen molar-refractivity contribution in [3.8, 4) is 0 Å². The van der Waals surface area contributed by atoms with E-state index in [0.717, 1.165) is 22.3 Å². The van der Waals surface area contributed by atoms with E-state index in [4.69, 9.17) is 0 Å². The third-order valence-corrected chi connectivity index (χ3v) is 4.86. The Morgan fingerprint density at radius 3 is 2.46 bits per heavy atom. The normalized spacial score (nSPS) is 10.4. The lowest BCUT2D eigenvalue weighted by Crippen LogP contribution is -2.15. The first-order valence-electron chi connectivity index (χ1n) is 8.51. The number of hydrogen-bond donors (Lipinski definition) is 2. The van der Waals surface area contributed by atoms with E-state index in [1.54, 1.807) is 30.1 Å². The predicted octanol–water partition coefficient (Wildman–Crippen LogP) is 4.72. The highest BCUT2D eigenvalue weighted by atomic mass is 32.2. The van der Waals surface area contributed by atoms with Crippen LogP contribution in [0, 0.1) is 5.82 Å². The maximum atomic E-state index is 14.0. The van der Waals surface area contributed by atoms with Crippen LogP contribution in [-0.4, -0.2) is 16.8 Å². The van der Waals surface area contributed by atoms with E-state index in [9.17, 15) is 14.0 Å². The minimum atomic E-state index is -0.657. The van der Waals surface area contributed by atoms with Gasteiger partial charge in [0.2, 0.25) is 5.91 Å². The van der Waals surface area contributed by atoms with Gasteiger partial charge in [-0.25, -0.2) is 4.39 Å². The summed E-state index contributed by atoms with van der Waals surface area (Å²) in [5.74, 6) is -0.742. The number of amides is 2. The molecule has 7 heteroatoms. The van der Waals surface area contributed by atoms with Gasteiger partial charge >= 0.3 is 0 Å².